The van der Waals surface area contributed by atoms with Crippen molar-refractivity contribution in [3.8, 4) is 0 Å². The summed E-state index contributed by atoms with van der Waals surface area (Å²) in [5.41, 5.74) is 0.561. The van der Waals surface area contributed by atoms with Gasteiger partial charge in [-0.15, -0.1) is 24.0 Å². The van der Waals surface area contributed by atoms with E-state index in [1.165, 1.54) is 0 Å². The number of aliphatic imine (C=N–C) groups is 1. The van der Waals surface area contributed by atoms with Crippen molar-refractivity contribution >= 4 is 35.8 Å². The zero-order chi connectivity index (χ0) is 18.2. The van der Waals surface area contributed by atoms with Crippen LogP contribution in [-0.2, 0) is 4.74 Å². The van der Waals surface area contributed by atoms with Crippen LogP contribution in [0.15, 0.2) is 29.5 Å². The highest BCUT2D eigenvalue weighted by molar-refractivity contribution is 14.0. The second kappa shape index (κ2) is 17.0. The highest BCUT2D eigenvalue weighted by atomic mass is 127. The molecule has 1 aromatic rings. The third-order valence-electron chi connectivity index (χ3n) is 3.33. The van der Waals surface area contributed by atoms with Gasteiger partial charge >= 0.3 is 0 Å². The summed E-state index contributed by atoms with van der Waals surface area (Å²) in [6.07, 6.45) is 6.36. The van der Waals surface area contributed by atoms with E-state index in [9.17, 15) is 4.79 Å². The van der Waals surface area contributed by atoms with E-state index in [1.54, 1.807) is 24.5 Å². The van der Waals surface area contributed by atoms with Crippen LogP contribution in [0, 0.1) is 0 Å². The molecule has 3 N–H and O–H groups in total. The van der Waals surface area contributed by atoms with Crippen molar-refractivity contribution in [1.29, 1.82) is 0 Å². The number of carbonyl (C=O) groups is 1. The number of aromatic nitrogens is 1. The van der Waals surface area contributed by atoms with E-state index in [4.69, 9.17) is 4.74 Å². The lowest BCUT2D eigenvalue weighted by molar-refractivity contribution is 0.0954. The number of ether oxygens (including phenoxy) is 1. The van der Waals surface area contributed by atoms with Gasteiger partial charge in [-0.3, -0.25) is 14.8 Å². The lowest BCUT2D eigenvalue weighted by Gasteiger charge is -2.12. The molecule has 1 heterocycles. The topological polar surface area (TPSA) is 87.6 Å². The van der Waals surface area contributed by atoms with Crippen LogP contribution in [0.25, 0.3) is 0 Å². The molecular weight excluding hydrogens is 445 g/mol. The van der Waals surface area contributed by atoms with Crippen LogP contribution in [0.4, 0.5) is 0 Å². The Labute approximate surface area is 173 Å². The van der Waals surface area contributed by atoms with Gasteiger partial charge < -0.3 is 20.7 Å². The van der Waals surface area contributed by atoms with E-state index >= 15 is 0 Å². The Morgan fingerprint density at radius 3 is 2.62 bits per heavy atom. The molecule has 0 bridgehead atoms. The summed E-state index contributed by atoms with van der Waals surface area (Å²) in [5, 5.41) is 9.24. The summed E-state index contributed by atoms with van der Waals surface area (Å²) in [5.74, 6) is 0.632. The van der Waals surface area contributed by atoms with Crippen LogP contribution in [0.1, 0.15) is 43.5 Å². The molecule has 0 atom stereocenters. The van der Waals surface area contributed by atoms with E-state index in [0.717, 1.165) is 45.0 Å². The Morgan fingerprint density at radius 1 is 1.15 bits per heavy atom. The van der Waals surface area contributed by atoms with Gasteiger partial charge in [-0.25, -0.2) is 0 Å². The van der Waals surface area contributed by atoms with Crippen molar-refractivity contribution in [3.63, 3.8) is 0 Å². The normalized spacial score (nSPS) is 10.8. The molecule has 0 saturated carbocycles. The second-order valence-corrected chi connectivity index (χ2v) is 5.50. The van der Waals surface area contributed by atoms with Gasteiger partial charge in [0.15, 0.2) is 5.96 Å². The molecule has 0 aromatic carbocycles. The standard InChI is InChI=1S/C18H31N5O2.HI/c1-3-5-13-25-14-7-10-22-18(20-4-2)23-12-11-21-17(24)16-8-6-9-19-15-16;/h6,8-9,15H,3-5,7,10-14H2,1-2H3,(H,21,24)(H2,20,22,23);1H. The number of nitrogens with one attached hydrogen (secondary N) is 3. The number of rotatable bonds is 12. The lowest BCUT2D eigenvalue weighted by atomic mass is 10.3. The van der Waals surface area contributed by atoms with Gasteiger partial charge in [0.25, 0.3) is 5.91 Å². The molecule has 0 saturated heterocycles. The maximum atomic E-state index is 11.9. The zero-order valence-electron chi connectivity index (χ0n) is 15.8. The molecule has 1 aromatic heterocycles. The molecule has 1 rings (SSSR count). The van der Waals surface area contributed by atoms with E-state index in [0.29, 0.717) is 25.2 Å². The number of pyridine rings is 1. The molecule has 8 heteroatoms. The minimum absolute atomic E-state index is 0. The number of hydrogen-bond donors (Lipinski definition) is 3. The SMILES string of the molecule is CCCCOCCCN=C(NCC)NCCNC(=O)c1cccnc1.I. The molecule has 1 amide bonds. The van der Waals surface area contributed by atoms with Crippen LogP contribution in [-0.4, -0.2) is 56.2 Å². The van der Waals surface area contributed by atoms with Crippen molar-refractivity contribution in [2.24, 2.45) is 4.99 Å². The van der Waals surface area contributed by atoms with Gasteiger partial charge in [-0.05, 0) is 31.9 Å². The fourth-order valence-corrected chi connectivity index (χ4v) is 2.00. The maximum absolute atomic E-state index is 11.9. The smallest absolute Gasteiger partial charge is 0.252 e. The van der Waals surface area contributed by atoms with Crippen LogP contribution >= 0.6 is 24.0 Å². The summed E-state index contributed by atoms with van der Waals surface area (Å²) in [6, 6.07) is 3.49. The lowest BCUT2D eigenvalue weighted by Crippen LogP contribution is -2.41. The van der Waals surface area contributed by atoms with Crippen LogP contribution in [0.3, 0.4) is 0 Å². The van der Waals surface area contributed by atoms with Crippen molar-refractivity contribution in [2.75, 3.05) is 39.4 Å². The summed E-state index contributed by atoms with van der Waals surface area (Å²) >= 11 is 0. The van der Waals surface area contributed by atoms with E-state index in [1.807, 2.05) is 6.92 Å². The highest BCUT2D eigenvalue weighted by Crippen LogP contribution is 1.94. The van der Waals surface area contributed by atoms with Gasteiger partial charge in [0.05, 0.1) is 5.56 Å². The third kappa shape index (κ3) is 12.0. The highest BCUT2D eigenvalue weighted by Gasteiger charge is 2.04. The van der Waals surface area contributed by atoms with E-state index < -0.39 is 0 Å². The first kappa shape index (κ1) is 24.6. The van der Waals surface area contributed by atoms with Crippen molar-refractivity contribution in [1.82, 2.24) is 20.9 Å². The average Bonchev–Trinajstić information content (AvgIpc) is 2.64. The number of unbranched alkanes of at least 4 members (excludes halogenated alkanes) is 1. The van der Waals surface area contributed by atoms with Gasteiger partial charge in [-0.1, -0.05) is 13.3 Å². The average molecular weight is 477 g/mol. The molecule has 0 aliphatic rings. The minimum Gasteiger partial charge on any atom is -0.381 e. The van der Waals surface area contributed by atoms with Crippen molar-refractivity contribution < 1.29 is 9.53 Å². The largest absolute Gasteiger partial charge is 0.381 e. The van der Waals surface area contributed by atoms with Crippen LogP contribution in [0.5, 0.6) is 0 Å². The van der Waals surface area contributed by atoms with E-state index in [2.05, 4.69) is 32.9 Å². The van der Waals surface area contributed by atoms with Gasteiger partial charge in [0, 0.05) is 51.8 Å². The number of halogens is 1. The Bertz CT molecular complexity index is 500. The quantitative estimate of drug-likeness (QED) is 0.186. The van der Waals surface area contributed by atoms with Crippen molar-refractivity contribution in [3.05, 3.63) is 30.1 Å². The van der Waals surface area contributed by atoms with Gasteiger partial charge in [0.2, 0.25) is 0 Å². The first-order valence-corrected chi connectivity index (χ1v) is 9.06. The predicted octanol–water partition coefficient (Wildman–Crippen LogP) is 2.19. The van der Waals surface area contributed by atoms with E-state index in [-0.39, 0.29) is 29.9 Å². The Hall–Kier alpha value is -1.42. The minimum atomic E-state index is -0.124. The molecule has 148 valence electrons. The molecule has 26 heavy (non-hydrogen) atoms. The molecule has 0 unspecified atom stereocenters. The number of nitrogens with zero attached hydrogens (tertiary/aromatic N) is 2. The molecule has 0 aliphatic carbocycles. The zero-order valence-corrected chi connectivity index (χ0v) is 18.1. The second-order valence-electron chi connectivity index (χ2n) is 5.50. The monoisotopic (exact) mass is 477 g/mol. The fraction of sp³-hybridized carbons (Fsp3) is 0.611. The molecule has 0 aliphatic heterocycles. The molecular formula is C18H32IN5O2. The summed E-state index contributed by atoms with van der Waals surface area (Å²) in [4.78, 5) is 20.3. The Kier molecular flexibility index (Phi) is 16.1. The number of carbonyl (C=O) groups excluding carboxylic acids is 1. The number of hydrogen-bond acceptors (Lipinski definition) is 4. The van der Waals surface area contributed by atoms with Crippen LogP contribution < -0.4 is 16.0 Å². The molecule has 0 radical (unpaired) electrons. The fourth-order valence-electron chi connectivity index (χ4n) is 2.00. The molecule has 0 fully saturated rings. The first-order valence-electron chi connectivity index (χ1n) is 9.06. The van der Waals surface area contributed by atoms with Crippen LogP contribution in [0.2, 0.25) is 0 Å². The first-order chi connectivity index (χ1) is 12.3. The third-order valence-corrected chi connectivity index (χ3v) is 3.33. The maximum Gasteiger partial charge on any atom is 0.252 e. The summed E-state index contributed by atoms with van der Waals surface area (Å²) in [6.45, 7) is 8.36. The number of guanidine groups is 1. The summed E-state index contributed by atoms with van der Waals surface area (Å²) < 4.78 is 5.52. The van der Waals surface area contributed by atoms with Gasteiger partial charge in [-0.2, -0.15) is 0 Å². The summed E-state index contributed by atoms with van der Waals surface area (Å²) in [7, 11) is 0. The van der Waals surface area contributed by atoms with Gasteiger partial charge in [0.1, 0.15) is 0 Å². The molecule has 0 spiro atoms. The Morgan fingerprint density at radius 2 is 1.92 bits per heavy atom. The predicted molar refractivity (Wildman–Crippen MR) is 116 cm³/mol. The molecule has 7 nitrogen and oxygen atoms in total. The number of amides is 1. The Balaban J connectivity index is 0.00000625. The van der Waals surface area contributed by atoms with Crippen molar-refractivity contribution in [2.45, 2.75) is 33.1 Å².